The second-order valence-electron chi connectivity index (χ2n) is 5.01. The quantitative estimate of drug-likeness (QED) is 0.909. The number of nitrogens with zero attached hydrogens (tertiary/aromatic N) is 3. The fourth-order valence-electron chi connectivity index (χ4n) is 2.14. The van der Waals surface area contributed by atoms with Crippen molar-refractivity contribution < 1.29 is 4.79 Å². The molecule has 0 unspecified atom stereocenters. The van der Waals surface area contributed by atoms with Crippen molar-refractivity contribution in [2.24, 2.45) is 5.92 Å². The number of piperidine rings is 1. The van der Waals surface area contributed by atoms with Gasteiger partial charge in [-0.3, -0.25) is 15.0 Å². The van der Waals surface area contributed by atoms with E-state index in [1.165, 1.54) is 24.2 Å². The van der Waals surface area contributed by atoms with Crippen LogP contribution in [0, 0.1) is 12.8 Å². The molecule has 0 spiro atoms. The highest BCUT2D eigenvalue weighted by Gasteiger charge is 2.25. The summed E-state index contributed by atoms with van der Waals surface area (Å²) in [5, 5.41) is 12.1. The van der Waals surface area contributed by atoms with Gasteiger partial charge in [-0.1, -0.05) is 18.3 Å². The molecule has 1 aromatic rings. The average molecular weight is 268 g/mol. The molecule has 0 saturated carbocycles. The van der Waals surface area contributed by atoms with Crippen LogP contribution in [-0.2, 0) is 4.79 Å². The summed E-state index contributed by atoms with van der Waals surface area (Å²) < 4.78 is 0. The molecule has 100 valence electrons. The van der Waals surface area contributed by atoms with Gasteiger partial charge in [-0.15, -0.1) is 10.2 Å². The van der Waals surface area contributed by atoms with Crippen LogP contribution in [0.4, 0.5) is 5.13 Å². The molecule has 0 bridgehead atoms. The van der Waals surface area contributed by atoms with Gasteiger partial charge in [0.2, 0.25) is 11.0 Å². The van der Waals surface area contributed by atoms with Crippen LogP contribution in [0.2, 0.25) is 0 Å². The summed E-state index contributed by atoms with van der Waals surface area (Å²) in [6.45, 7) is 8.11. The molecule has 0 aromatic carbocycles. The molecular formula is C12H20N4OS. The summed E-state index contributed by atoms with van der Waals surface area (Å²) in [7, 11) is 0. The lowest BCUT2D eigenvalue weighted by Crippen LogP contribution is -2.45. The molecule has 1 aliphatic rings. The van der Waals surface area contributed by atoms with Crippen LogP contribution >= 0.6 is 11.3 Å². The summed E-state index contributed by atoms with van der Waals surface area (Å²) in [6, 6.07) is -0.0956. The lowest BCUT2D eigenvalue weighted by atomic mass is 9.98. The van der Waals surface area contributed by atoms with Gasteiger partial charge in [-0.25, -0.2) is 0 Å². The van der Waals surface area contributed by atoms with Crippen molar-refractivity contribution in [2.45, 2.75) is 39.7 Å². The van der Waals surface area contributed by atoms with Gasteiger partial charge in [0.15, 0.2) is 0 Å². The molecular weight excluding hydrogens is 248 g/mol. The molecule has 2 heterocycles. The van der Waals surface area contributed by atoms with Crippen LogP contribution in [0.5, 0.6) is 0 Å². The first-order valence-corrected chi connectivity index (χ1v) is 7.23. The second kappa shape index (κ2) is 5.75. The third-order valence-electron chi connectivity index (χ3n) is 3.50. The van der Waals surface area contributed by atoms with Crippen molar-refractivity contribution in [3.05, 3.63) is 5.01 Å². The number of amides is 1. The van der Waals surface area contributed by atoms with Crippen molar-refractivity contribution in [3.63, 3.8) is 0 Å². The van der Waals surface area contributed by atoms with Gasteiger partial charge < -0.3 is 0 Å². The number of nitrogens with one attached hydrogen (secondary N) is 1. The molecule has 18 heavy (non-hydrogen) atoms. The molecule has 1 saturated heterocycles. The standard InChI is InChI=1S/C12H20N4OS/c1-8-4-6-16(7-5-8)9(2)11(17)13-12-15-14-10(3)18-12/h8-9H,4-7H2,1-3H3,(H,13,15,17)/t9-/m1/s1. The van der Waals surface area contributed by atoms with Gasteiger partial charge in [-0.2, -0.15) is 0 Å². The lowest BCUT2D eigenvalue weighted by molar-refractivity contribution is -0.121. The average Bonchev–Trinajstić information content (AvgIpc) is 2.75. The van der Waals surface area contributed by atoms with E-state index in [9.17, 15) is 4.79 Å². The maximum atomic E-state index is 12.1. The fourth-order valence-corrected chi connectivity index (χ4v) is 2.73. The Balaban J connectivity index is 1.88. The minimum Gasteiger partial charge on any atom is -0.299 e. The Bertz CT molecular complexity index is 412. The molecule has 1 aliphatic heterocycles. The molecule has 1 amide bonds. The summed E-state index contributed by atoms with van der Waals surface area (Å²) in [4.78, 5) is 14.3. The van der Waals surface area contributed by atoms with Crippen LogP contribution < -0.4 is 5.32 Å². The maximum Gasteiger partial charge on any atom is 0.243 e. The highest BCUT2D eigenvalue weighted by molar-refractivity contribution is 7.15. The van der Waals surface area contributed by atoms with E-state index >= 15 is 0 Å². The predicted molar refractivity (Wildman–Crippen MR) is 72.7 cm³/mol. The highest BCUT2D eigenvalue weighted by Crippen LogP contribution is 2.19. The van der Waals surface area contributed by atoms with Gasteiger partial charge in [0.1, 0.15) is 5.01 Å². The normalized spacial score (nSPS) is 19.7. The Morgan fingerprint density at radius 3 is 2.67 bits per heavy atom. The first-order chi connectivity index (χ1) is 8.56. The van der Waals surface area contributed by atoms with E-state index in [0.29, 0.717) is 5.13 Å². The molecule has 0 aliphatic carbocycles. The Hall–Kier alpha value is -1.01. The van der Waals surface area contributed by atoms with Crippen molar-refractivity contribution >= 4 is 22.4 Å². The summed E-state index contributed by atoms with van der Waals surface area (Å²) in [5.74, 6) is 0.794. The maximum absolute atomic E-state index is 12.1. The van der Waals surface area contributed by atoms with Crippen molar-refractivity contribution in [1.82, 2.24) is 15.1 Å². The minimum absolute atomic E-state index is 0.0145. The van der Waals surface area contributed by atoms with Crippen LogP contribution in [0.1, 0.15) is 31.7 Å². The number of hydrogen-bond donors (Lipinski definition) is 1. The van der Waals surface area contributed by atoms with Crippen molar-refractivity contribution in [3.8, 4) is 0 Å². The Morgan fingerprint density at radius 2 is 2.11 bits per heavy atom. The van der Waals surface area contributed by atoms with E-state index in [0.717, 1.165) is 24.0 Å². The molecule has 5 nitrogen and oxygen atoms in total. The molecule has 1 N–H and O–H groups in total. The monoisotopic (exact) mass is 268 g/mol. The lowest BCUT2D eigenvalue weighted by Gasteiger charge is -2.33. The second-order valence-corrected chi connectivity index (χ2v) is 6.19. The van der Waals surface area contributed by atoms with Gasteiger partial charge in [0, 0.05) is 0 Å². The zero-order chi connectivity index (χ0) is 13.1. The van der Waals surface area contributed by atoms with Gasteiger partial charge in [-0.05, 0) is 45.7 Å². The summed E-state index contributed by atoms with van der Waals surface area (Å²) >= 11 is 1.41. The summed E-state index contributed by atoms with van der Waals surface area (Å²) in [6.07, 6.45) is 2.35. The van der Waals surface area contributed by atoms with Crippen LogP contribution in [0.15, 0.2) is 0 Å². The van der Waals surface area contributed by atoms with E-state index in [1.54, 1.807) is 0 Å². The first-order valence-electron chi connectivity index (χ1n) is 6.41. The predicted octanol–water partition coefficient (Wildman–Crippen LogP) is 1.91. The van der Waals surface area contributed by atoms with Gasteiger partial charge in [0.05, 0.1) is 6.04 Å². The first kappa shape index (κ1) is 13.4. The molecule has 0 radical (unpaired) electrons. The van der Waals surface area contributed by atoms with Crippen molar-refractivity contribution in [2.75, 3.05) is 18.4 Å². The third-order valence-corrected chi connectivity index (χ3v) is 4.26. The topological polar surface area (TPSA) is 58.1 Å². The molecule has 2 rings (SSSR count). The molecule has 1 atom stereocenters. The minimum atomic E-state index is -0.0956. The molecule has 1 fully saturated rings. The molecule has 1 aromatic heterocycles. The van der Waals surface area contributed by atoms with Crippen LogP contribution in [-0.4, -0.2) is 40.1 Å². The highest BCUT2D eigenvalue weighted by atomic mass is 32.1. The SMILES string of the molecule is Cc1nnc(NC(=O)[C@@H](C)N2CCC(C)CC2)s1. The van der Waals surface area contributed by atoms with E-state index in [4.69, 9.17) is 0 Å². The zero-order valence-electron chi connectivity index (χ0n) is 11.1. The number of aryl methyl sites for hydroxylation is 1. The number of likely N-dealkylation sites (tertiary alicyclic amines) is 1. The van der Waals surface area contributed by atoms with E-state index in [2.05, 4.69) is 27.3 Å². The van der Waals surface area contributed by atoms with E-state index in [-0.39, 0.29) is 11.9 Å². The van der Waals surface area contributed by atoms with E-state index < -0.39 is 0 Å². The van der Waals surface area contributed by atoms with Gasteiger partial charge in [0.25, 0.3) is 0 Å². The Morgan fingerprint density at radius 1 is 1.44 bits per heavy atom. The Kier molecular flexibility index (Phi) is 4.29. The Labute approximate surface area is 112 Å². The third kappa shape index (κ3) is 3.26. The molecule has 6 heteroatoms. The smallest absolute Gasteiger partial charge is 0.243 e. The number of aromatic nitrogens is 2. The number of anilines is 1. The largest absolute Gasteiger partial charge is 0.299 e. The van der Waals surface area contributed by atoms with Crippen LogP contribution in [0.3, 0.4) is 0 Å². The van der Waals surface area contributed by atoms with Crippen LogP contribution in [0.25, 0.3) is 0 Å². The number of rotatable bonds is 3. The van der Waals surface area contributed by atoms with Gasteiger partial charge >= 0.3 is 0 Å². The van der Waals surface area contributed by atoms with E-state index in [1.807, 2.05) is 13.8 Å². The summed E-state index contributed by atoms with van der Waals surface area (Å²) in [5.41, 5.74) is 0. The van der Waals surface area contributed by atoms with Crippen molar-refractivity contribution in [1.29, 1.82) is 0 Å². The number of carbonyl (C=O) groups is 1. The number of carbonyl (C=O) groups excluding carboxylic acids is 1. The fraction of sp³-hybridized carbons (Fsp3) is 0.750. The number of hydrogen-bond acceptors (Lipinski definition) is 5. The zero-order valence-corrected chi connectivity index (χ0v) is 12.0.